The minimum absolute atomic E-state index is 0.0978. The molecule has 0 saturated heterocycles. The molecule has 1 heterocycles. The molecule has 0 fully saturated rings. The highest BCUT2D eigenvalue weighted by Crippen LogP contribution is 2.14. The molecule has 20 heavy (non-hydrogen) atoms. The minimum atomic E-state index is -0.0978. The van der Waals surface area contributed by atoms with E-state index < -0.39 is 0 Å². The van der Waals surface area contributed by atoms with Crippen LogP contribution < -0.4 is 10.6 Å². The van der Waals surface area contributed by atoms with Gasteiger partial charge >= 0.3 is 0 Å². The Morgan fingerprint density at radius 1 is 1.20 bits per heavy atom. The van der Waals surface area contributed by atoms with Crippen molar-refractivity contribution in [3.63, 3.8) is 0 Å². The summed E-state index contributed by atoms with van der Waals surface area (Å²) < 4.78 is 0. The fourth-order valence-electron chi connectivity index (χ4n) is 1.97. The lowest BCUT2D eigenvalue weighted by molar-refractivity contribution is 0.0953. The monoisotopic (exact) mass is 297 g/mol. The number of pyridine rings is 1. The Balaban J connectivity index is 2.30. The number of nitrogens with zero attached hydrogens (tertiary/aromatic N) is 1. The van der Waals surface area contributed by atoms with Gasteiger partial charge in [-0.05, 0) is 18.6 Å². The Kier molecular flexibility index (Phi) is 8.04. The van der Waals surface area contributed by atoms with E-state index >= 15 is 0 Å². The fraction of sp³-hybridized carbons (Fsp3) is 0.600. The summed E-state index contributed by atoms with van der Waals surface area (Å²) in [6.07, 6.45) is 7.28. The van der Waals surface area contributed by atoms with Gasteiger partial charge in [0, 0.05) is 19.2 Å². The molecule has 2 N–H and O–H groups in total. The van der Waals surface area contributed by atoms with E-state index in [1.54, 1.807) is 19.2 Å². The summed E-state index contributed by atoms with van der Waals surface area (Å²) in [6, 6.07) is 3.28. The highest BCUT2D eigenvalue weighted by Gasteiger charge is 2.08. The average Bonchev–Trinajstić information content (AvgIpc) is 2.45. The quantitative estimate of drug-likeness (QED) is 0.537. The second-order valence-corrected chi connectivity index (χ2v) is 5.22. The van der Waals surface area contributed by atoms with Crippen LogP contribution in [0.2, 0.25) is 5.15 Å². The van der Waals surface area contributed by atoms with E-state index in [1.807, 2.05) is 0 Å². The predicted octanol–water partition coefficient (Wildman–Crippen LogP) is 3.87. The summed E-state index contributed by atoms with van der Waals surface area (Å²) in [5.74, 6) is 0.501. The molecule has 0 aliphatic carbocycles. The third-order valence-electron chi connectivity index (χ3n) is 3.13. The van der Waals surface area contributed by atoms with Crippen molar-refractivity contribution in [2.75, 3.05) is 18.9 Å². The number of amides is 1. The van der Waals surface area contributed by atoms with Gasteiger partial charge in [0.2, 0.25) is 0 Å². The van der Waals surface area contributed by atoms with E-state index in [0.717, 1.165) is 6.42 Å². The summed E-state index contributed by atoms with van der Waals surface area (Å²) in [5.41, 5.74) is 0.542. The van der Waals surface area contributed by atoms with Crippen LogP contribution >= 0.6 is 11.6 Å². The molecule has 5 heteroatoms. The van der Waals surface area contributed by atoms with Crippen LogP contribution in [-0.4, -0.2) is 24.5 Å². The molecule has 0 unspecified atom stereocenters. The Morgan fingerprint density at radius 3 is 2.60 bits per heavy atom. The maximum atomic E-state index is 12.0. The van der Waals surface area contributed by atoms with Gasteiger partial charge in [-0.1, -0.05) is 50.6 Å². The summed E-state index contributed by atoms with van der Waals surface area (Å²) in [5, 5.41) is 6.12. The van der Waals surface area contributed by atoms with Crippen LogP contribution in [0.1, 0.15) is 55.8 Å². The SMILES string of the molecule is CCCCCCCCNC(=O)c1cc(Cl)nc(NC)c1. The largest absolute Gasteiger partial charge is 0.373 e. The highest BCUT2D eigenvalue weighted by atomic mass is 35.5. The summed E-state index contributed by atoms with van der Waals surface area (Å²) >= 11 is 5.87. The van der Waals surface area contributed by atoms with Gasteiger partial charge < -0.3 is 10.6 Å². The molecule has 0 spiro atoms. The molecule has 0 bridgehead atoms. The third-order valence-corrected chi connectivity index (χ3v) is 3.32. The van der Waals surface area contributed by atoms with Gasteiger partial charge in [-0.3, -0.25) is 4.79 Å². The van der Waals surface area contributed by atoms with Crippen LogP contribution in [0.4, 0.5) is 5.82 Å². The Bertz CT molecular complexity index is 424. The van der Waals surface area contributed by atoms with E-state index in [-0.39, 0.29) is 5.91 Å². The summed E-state index contributed by atoms with van der Waals surface area (Å²) in [6.45, 7) is 2.92. The number of halogens is 1. The van der Waals surface area contributed by atoms with Gasteiger partial charge in [-0.15, -0.1) is 0 Å². The first-order chi connectivity index (χ1) is 9.67. The van der Waals surface area contributed by atoms with Crippen LogP contribution in [0.3, 0.4) is 0 Å². The molecule has 0 aliphatic heterocycles. The molecule has 1 aromatic heterocycles. The maximum Gasteiger partial charge on any atom is 0.251 e. The third kappa shape index (κ3) is 6.24. The number of carbonyl (C=O) groups is 1. The van der Waals surface area contributed by atoms with E-state index in [9.17, 15) is 4.79 Å². The number of hydrogen-bond donors (Lipinski definition) is 2. The summed E-state index contributed by atoms with van der Waals surface area (Å²) in [4.78, 5) is 16.0. The zero-order valence-electron chi connectivity index (χ0n) is 12.3. The highest BCUT2D eigenvalue weighted by molar-refractivity contribution is 6.29. The molecule has 4 nitrogen and oxygen atoms in total. The molecule has 0 aliphatic rings. The van der Waals surface area contributed by atoms with Crippen molar-refractivity contribution in [2.45, 2.75) is 45.4 Å². The number of aromatic nitrogens is 1. The van der Waals surface area contributed by atoms with E-state index in [4.69, 9.17) is 11.6 Å². The Labute approximate surface area is 126 Å². The van der Waals surface area contributed by atoms with Crippen LogP contribution in [0, 0.1) is 0 Å². The van der Waals surface area contributed by atoms with Crippen LogP contribution in [-0.2, 0) is 0 Å². The van der Waals surface area contributed by atoms with Gasteiger partial charge in [0.05, 0.1) is 0 Å². The molecular weight excluding hydrogens is 274 g/mol. The number of unbranched alkanes of at least 4 members (excludes halogenated alkanes) is 5. The molecule has 0 saturated carbocycles. The first-order valence-electron chi connectivity index (χ1n) is 7.31. The molecule has 0 atom stereocenters. The molecule has 0 aromatic carbocycles. The van der Waals surface area contributed by atoms with Crippen LogP contribution in [0.25, 0.3) is 0 Å². The zero-order valence-corrected chi connectivity index (χ0v) is 13.1. The minimum Gasteiger partial charge on any atom is -0.373 e. The number of hydrogen-bond acceptors (Lipinski definition) is 3. The molecule has 0 radical (unpaired) electrons. The van der Waals surface area contributed by atoms with Crippen molar-refractivity contribution in [1.82, 2.24) is 10.3 Å². The number of rotatable bonds is 9. The zero-order chi connectivity index (χ0) is 14.8. The van der Waals surface area contributed by atoms with Crippen molar-refractivity contribution >= 4 is 23.3 Å². The van der Waals surface area contributed by atoms with Gasteiger partial charge in [-0.25, -0.2) is 4.98 Å². The molecule has 1 aromatic rings. The molecule has 112 valence electrons. The number of anilines is 1. The lowest BCUT2D eigenvalue weighted by atomic mass is 10.1. The van der Waals surface area contributed by atoms with E-state index in [1.165, 1.54) is 32.1 Å². The summed E-state index contributed by atoms with van der Waals surface area (Å²) in [7, 11) is 1.75. The second-order valence-electron chi connectivity index (χ2n) is 4.84. The van der Waals surface area contributed by atoms with Crippen molar-refractivity contribution in [3.8, 4) is 0 Å². The van der Waals surface area contributed by atoms with E-state index in [0.29, 0.717) is 23.1 Å². The number of carbonyl (C=O) groups excluding carboxylic acids is 1. The van der Waals surface area contributed by atoms with Crippen molar-refractivity contribution in [1.29, 1.82) is 0 Å². The Hall–Kier alpha value is -1.29. The smallest absolute Gasteiger partial charge is 0.251 e. The lowest BCUT2D eigenvalue weighted by Gasteiger charge is -2.07. The molecule has 1 amide bonds. The van der Waals surface area contributed by atoms with Gasteiger partial charge in [0.15, 0.2) is 0 Å². The maximum absolute atomic E-state index is 12.0. The van der Waals surface area contributed by atoms with E-state index in [2.05, 4.69) is 22.5 Å². The van der Waals surface area contributed by atoms with Crippen LogP contribution in [0.15, 0.2) is 12.1 Å². The Morgan fingerprint density at radius 2 is 1.90 bits per heavy atom. The van der Waals surface area contributed by atoms with Crippen LogP contribution in [0.5, 0.6) is 0 Å². The molecule has 1 rings (SSSR count). The number of nitrogens with one attached hydrogen (secondary N) is 2. The van der Waals surface area contributed by atoms with Gasteiger partial charge in [0.25, 0.3) is 5.91 Å². The second kappa shape index (κ2) is 9.59. The predicted molar refractivity (Wildman–Crippen MR) is 84.5 cm³/mol. The average molecular weight is 298 g/mol. The van der Waals surface area contributed by atoms with Gasteiger partial charge in [-0.2, -0.15) is 0 Å². The normalized spacial score (nSPS) is 10.3. The standard InChI is InChI=1S/C15H24ClN3O/c1-3-4-5-6-7-8-9-18-15(20)12-10-13(16)19-14(11-12)17-2/h10-11H,3-9H2,1-2H3,(H,17,19)(H,18,20). The van der Waals surface area contributed by atoms with Crippen molar-refractivity contribution in [2.24, 2.45) is 0 Å². The van der Waals surface area contributed by atoms with Crippen molar-refractivity contribution in [3.05, 3.63) is 22.8 Å². The lowest BCUT2D eigenvalue weighted by Crippen LogP contribution is -2.24. The fourth-order valence-corrected chi connectivity index (χ4v) is 2.17. The first kappa shape index (κ1) is 16.8. The van der Waals surface area contributed by atoms with Gasteiger partial charge in [0.1, 0.15) is 11.0 Å². The molecular formula is C15H24ClN3O. The topological polar surface area (TPSA) is 54.0 Å². The van der Waals surface area contributed by atoms with Crippen molar-refractivity contribution < 1.29 is 4.79 Å². The first-order valence-corrected chi connectivity index (χ1v) is 7.68.